The second-order valence-electron chi connectivity index (χ2n) is 4.02. The van der Waals surface area contributed by atoms with E-state index in [1.165, 1.54) is 24.3 Å². The van der Waals surface area contributed by atoms with Gasteiger partial charge >= 0.3 is 17.1 Å². The van der Waals surface area contributed by atoms with Crippen molar-refractivity contribution in [3.63, 3.8) is 0 Å². The van der Waals surface area contributed by atoms with Crippen LogP contribution in [0.15, 0.2) is 24.3 Å². The minimum absolute atomic E-state index is 0. The zero-order valence-corrected chi connectivity index (χ0v) is 17.0. The van der Waals surface area contributed by atoms with Crippen molar-refractivity contribution in [1.82, 2.24) is 0 Å². The van der Waals surface area contributed by atoms with Gasteiger partial charge in [0, 0.05) is 11.1 Å². The van der Waals surface area contributed by atoms with Crippen LogP contribution in [-0.4, -0.2) is 11.9 Å². The maximum Gasteiger partial charge on any atom is 2.00 e. The average molecular weight is 512 g/mol. The molecular formula is C14H4Cl6CuO4. The van der Waals surface area contributed by atoms with Crippen LogP contribution < -0.4 is 10.2 Å². The number of carbonyl (C=O) groups excluding carboxylic acids is 2. The fourth-order valence-electron chi connectivity index (χ4n) is 1.37. The van der Waals surface area contributed by atoms with Gasteiger partial charge < -0.3 is 19.8 Å². The van der Waals surface area contributed by atoms with Crippen molar-refractivity contribution in [2.24, 2.45) is 0 Å². The Morgan fingerprint density at radius 1 is 0.600 bits per heavy atom. The van der Waals surface area contributed by atoms with Gasteiger partial charge in [0.2, 0.25) is 0 Å². The summed E-state index contributed by atoms with van der Waals surface area (Å²) in [5.41, 5.74) is -0.322. The van der Waals surface area contributed by atoms with Gasteiger partial charge in [0.15, 0.2) is 0 Å². The predicted molar refractivity (Wildman–Crippen MR) is 91.6 cm³/mol. The molecule has 0 spiro atoms. The van der Waals surface area contributed by atoms with E-state index in [1.807, 2.05) is 0 Å². The smallest absolute Gasteiger partial charge is 0.545 e. The molecule has 2 aromatic carbocycles. The molecule has 0 bridgehead atoms. The van der Waals surface area contributed by atoms with E-state index in [4.69, 9.17) is 69.6 Å². The van der Waals surface area contributed by atoms with Crippen molar-refractivity contribution in [3.8, 4) is 0 Å². The molecule has 2 rings (SSSR count). The van der Waals surface area contributed by atoms with Gasteiger partial charge in [-0.3, -0.25) is 0 Å². The molecular weight excluding hydrogens is 508 g/mol. The number of benzene rings is 2. The number of hydrogen-bond donors (Lipinski definition) is 0. The number of carboxylic acids is 2. The van der Waals surface area contributed by atoms with Crippen LogP contribution in [0.4, 0.5) is 0 Å². The summed E-state index contributed by atoms with van der Waals surface area (Å²) in [6.45, 7) is 0. The molecule has 0 aromatic heterocycles. The second-order valence-corrected chi connectivity index (χ2v) is 6.35. The monoisotopic (exact) mass is 509 g/mol. The molecule has 4 nitrogen and oxygen atoms in total. The van der Waals surface area contributed by atoms with Crippen LogP contribution in [-0.2, 0) is 17.1 Å². The number of hydrogen-bond acceptors (Lipinski definition) is 4. The SMILES string of the molecule is O=C([O-])c1ccc(Cl)c(Cl)c1Cl.O=C([O-])c1ccc(Cl)c(Cl)c1Cl.[Cu+2]. The summed E-state index contributed by atoms with van der Waals surface area (Å²) in [4.78, 5) is 20.8. The molecule has 1 radical (unpaired) electrons. The molecule has 0 saturated carbocycles. The third-order valence-electron chi connectivity index (χ3n) is 2.51. The number of aromatic carboxylic acids is 2. The third-order valence-corrected chi connectivity index (χ3v) is 5.10. The zero-order valence-electron chi connectivity index (χ0n) is 11.5. The molecule has 0 heterocycles. The Hall–Kier alpha value is -0.361. The summed E-state index contributed by atoms with van der Waals surface area (Å²) in [7, 11) is 0. The normalized spacial score (nSPS) is 9.52. The van der Waals surface area contributed by atoms with Gasteiger partial charge in [0.05, 0.1) is 42.1 Å². The van der Waals surface area contributed by atoms with Crippen molar-refractivity contribution < 1.29 is 36.9 Å². The van der Waals surface area contributed by atoms with E-state index < -0.39 is 11.9 Å². The fraction of sp³-hybridized carbons (Fsp3) is 0. The molecule has 0 amide bonds. The summed E-state index contributed by atoms with van der Waals surface area (Å²) in [6, 6.07) is 5.18. The van der Waals surface area contributed by atoms with E-state index in [0.717, 1.165) is 0 Å². The molecule has 0 N–H and O–H groups in total. The Balaban J connectivity index is 0.000000443. The molecule has 0 aliphatic rings. The Morgan fingerprint density at radius 2 is 0.880 bits per heavy atom. The number of carboxylic acid groups (broad SMARTS) is 2. The minimum Gasteiger partial charge on any atom is -0.545 e. The summed E-state index contributed by atoms with van der Waals surface area (Å²) >= 11 is 33.4. The van der Waals surface area contributed by atoms with E-state index in [9.17, 15) is 19.8 Å². The van der Waals surface area contributed by atoms with Crippen molar-refractivity contribution in [1.29, 1.82) is 0 Å². The van der Waals surface area contributed by atoms with Gasteiger partial charge in [-0.1, -0.05) is 81.7 Å². The Labute approximate surface area is 183 Å². The van der Waals surface area contributed by atoms with Crippen LogP contribution in [0.1, 0.15) is 20.7 Å². The maximum absolute atomic E-state index is 10.4. The first kappa shape index (κ1) is 24.6. The van der Waals surface area contributed by atoms with E-state index in [-0.39, 0.29) is 58.3 Å². The first-order valence-electron chi connectivity index (χ1n) is 5.77. The van der Waals surface area contributed by atoms with Crippen LogP contribution in [0, 0.1) is 0 Å². The number of rotatable bonds is 2. The van der Waals surface area contributed by atoms with Crippen molar-refractivity contribution >= 4 is 81.5 Å². The first-order valence-corrected chi connectivity index (χ1v) is 8.04. The van der Waals surface area contributed by atoms with Crippen molar-refractivity contribution in [3.05, 3.63) is 65.5 Å². The summed E-state index contributed by atoms with van der Waals surface area (Å²) in [6.07, 6.45) is 0. The standard InChI is InChI=1S/2C7H3Cl3O2.Cu/c2*8-4-2-1-3(7(11)12)5(9)6(4)10;/h2*1-2H,(H,11,12);/q;;+2/p-2. The molecule has 137 valence electrons. The van der Waals surface area contributed by atoms with Gasteiger partial charge in [-0.15, -0.1) is 0 Å². The molecule has 0 aliphatic carbocycles. The molecule has 0 unspecified atom stereocenters. The molecule has 2 aromatic rings. The molecule has 0 aliphatic heterocycles. The molecule has 11 heteroatoms. The second kappa shape index (κ2) is 10.7. The molecule has 25 heavy (non-hydrogen) atoms. The Bertz CT molecular complexity index is 745. The Morgan fingerprint density at radius 3 is 1.12 bits per heavy atom. The quantitative estimate of drug-likeness (QED) is 0.450. The summed E-state index contributed by atoms with van der Waals surface area (Å²) in [5, 5.41) is 21.1. The average Bonchev–Trinajstić information content (AvgIpc) is 2.50. The van der Waals surface area contributed by atoms with Crippen molar-refractivity contribution in [2.75, 3.05) is 0 Å². The largest absolute Gasteiger partial charge is 2.00 e. The maximum atomic E-state index is 10.4. The van der Waals surface area contributed by atoms with Crippen molar-refractivity contribution in [2.45, 2.75) is 0 Å². The van der Waals surface area contributed by atoms with Crippen LogP contribution in [0.5, 0.6) is 0 Å². The number of carbonyl (C=O) groups is 2. The van der Waals surface area contributed by atoms with Gasteiger partial charge in [0.1, 0.15) is 0 Å². The molecule has 0 saturated heterocycles. The minimum atomic E-state index is -1.38. The first-order chi connectivity index (χ1) is 11.1. The summed E-state index contributed by atoms with van der Waals surface area (Å²) < 4.78 is 0. The molecule has 0 fully saturated rings. The van der Waals surface area contributed by atoms with Crippen LogP contribution in [0.2, 0.25) is 30.1 Å². The fourth-order valence-corrected chi connectivity index (χ4v) is 2.59. The molecule has 0 atom stereocenters. The van der Waals surface area contributed by atoms with Crippen LogP contribution in [0.25, 0.3) is 0 Å². The topological polar surface area (TPSA) is 80.3 Å². The van der Waals surface area contributed by atoms with Gasteiger partial charge in [0.25, 0.3) is 0 Å². The predicted octanol–water partition coefficient (Wildman–Crippen LogP) is 4.02. The van der Waals surface area contributed by atoms with Gasteiger partial charge in [-0.25, -0.2) is 0 Å². The third kappa shape index (κ3) is 6.38. The van der Waals surface area contributed by atoms with Gasteiger partial charge in [-0.05, 0) is 12.1 Å². The van der Waals surface area contributed by atoms with E-state index >= 15 is 0 Å². The van der Waals surface area contributed by atoms with E-state index in [2.05, 4.69) is 0 Å². The van der Waals surface area contributed by atoms with Gasteiger partial charge in [-0.2, -0.15) is 0 Å². The Kier molecular flexibility index (Phi) is 10.6. The zero-order chi connectivity index (χ0) is 18.6. The van der Waals surface area contributed by atoms with E-state index in [0.29, 0.717) is 0 Å². The van der Waals surface area contributed by atoms with E-state index in [1.54, 1.807) is 0 Å². The van der Waals surface area contributed by atoms with Crippen LogP contribution >= 0.6 is 69.6 Å². The summed E-state index contributed by atoms with van der Waals surface area (Å²) in [5.74, 6) is -2.75. The van der Waals surface area contributed by atoms with Crippen LogP contribution in [0.3, 0.4) is 0 Å². The number of halogens is 6.